The molecule has 0 bridgehead atoms. The van der Waals surface area contributed by atoms with Crippen LogP contribution >= 0.6 is 0 Å². The highest BCUT2D eigenvalue weighted by molar-refractivity contribution is 5.73. The molecule has 0 saturated heterocycles. The van der Waals surface area contributed by atoms with E-state index in [1.807, 2.05) is 0 Å². The fourth-order valence-electron chi connectivity index (χ4n) is 1.53. The summed E-state index contributed by atoms with van der Waals surface area (Å²) in [5.41, 5.74) is 5.26. The second-order valence-corrected chi connectivity index (χ2v) is 5.50. The summed E-state index contributed by atoms with van der Waals surface area (Å²) in [5, 5.41) is 0. The summed E-state index contributed by atoms with van der Waals surface area (Å²) < 4.78 is 5.12. The van der Waals surface area contributed by atoms with Crippen LogP contribution in [0.5, 0.6) is 0 Å². The Morgan fingerprint density at radius 2 is 1.87 bits per heavy atom. The Morgan fingerprint density at radius 3 is 2.20 bits per heavy atom. The van der Waals surface area contributed by atoms with E-state index in [4.69, 9.17) is 10.5 Å². The average molecular weight is 215 g/mol. The number of nitrogens with two attached hydrogens (primary N) is 1. The zero-order valence-corrected chi connectivity index (χ0v) is 10.7. The van der Waals surface area contributed by atoms with Crippen LogP contribution < -0.4 is 5.73 Å². The molecule has 3 heteroatoms. The van der Waals surface area contributed by atoms with E-state index in [9.17, 15) is 4.79 Å². The van der Waals surface area contributed by atoms with Gasteiger partial charge < -0.3 is 10.5 Å². The standard InChI is InChI=1S/C12H25NO2/c1-9(2)8-10(12(3,4)5)11(14)15-7-6-13/h9-10H,6-8,13H2,1-5H3. The Balaban J connectivity index is 4.42. The lowest BCUT2D eigenvalue weighted by molar-refractivity contribution is -0.152. The largest absolute Gasteiger partial charge is 0.464 e. The van der Waals surface area contributed by atoms with Crippen molar-refractivity contribution in [2.75, 3.05) is 13.2 Å². The second-order valence-electron chi connectivity index (χ2n) is 5.50. The number of hydrogen-bond donors (Lipinski definition) is 1. The van der Waals surface area contributed by atoms with Gasteiger partial charge in [0, 0.05) is 6.54 Å². The van der Waals surface area contributed by atoms with Crippen molar-refractivity contribution < 1.29 is 9.53 Å². The summed E-state index contributed by atoms with van der Waals surface area (Å²) in [5.74, 6) is 0.352. The number of carbonyl (C=O) groups is 1. The lowest BCUT2D eigenvalue weighted by Gasteiger charge is -2.30. The predicted molar refractivity (Wildman–Crippen MR) is 62.4 cm³/mol. The fourth-order valence-corrected chi connectivity index (χ4v) is 1.53. The van der Waals surface area contributed by atoms with Gasteiger partial charge >= 0.3 is 5.97 Å². The van der Waals surface area contributed by atoms with Gasteiger partial charge in [0.2, 0.25) is 0 Å². The van der Waals surface area contributed by atoms with Gasteiger partial charge in [0.05, 0.1) is 5.92 Å². The van der Waals surface area contributed by atoms with Crippen molar-refractivity contribution >= 4 is 5.97 Å². The van der Waals surface area contributed by atoms with E-state index in [1.54, 1.807) is 0 Å². The van der Waals surface area contributed by atoms with E-state index in [0.717, 1.165) is 6.42 Å². The third-order valence-electron chi connectivity index (χ3n) is 2.40. The summed E-state index contributed by atoms with van der Waals surface area (Å²) >= 11 is 0. The first-order valence-corrected chi connectivity index (χ1v) is 5.65. The minimum absolute atomic E-state index is 0.0379. The van der Waals surface area contributed by atoms with Gasteiger partial charge in [-0.1, -0.05) is 34.6 Å². The number of hydrogen-bond acceptors (Lipinski definition) is 3. The molecule has 0 aliphatic rings. The molecule has 0 heterocycles. The maximum absolute atomic E-state index is 11.8. The third-order valence-corrected chi connectivity index (χ3v) is 2.40. The van der Waals surface area contributed by atoms with E-state index < -0.39 is 0 Å². The van der Waals surface area contributed by atoms with Crippen LogP contribution in [-0.4, -0.2) is 19.1 Å². The molecule has 0 fully saturated rings. The number of rotatable bonds is 5. The smallest absolute Gasteiger partial charge is 0.309 e. The Bertz CT molecular complexity index is 194. The summed E-state index contributed by atoms with van der Waals surface area (Å²) in [6.07, 6.45) is 0.868. The SMILES string of the molecule is CC(C)CC(C(=O)OCCN)C(C)(C)C. The van der Waals surface area contributed by atoms with Gasteiger partial charge in [-0.15, -0.1) is 0 Å². The van der Waals surface area contributed by atoms with Crippen LogP contribution in [0, 0.1) is 17.3 Å². The Kier molecular flexibility index (Phi) is 5.88. The van der Waals surface area contributed by atoms with Crippen LogP contribution in [0.2, 0.25) is 0 Å². The number of carbonyl (C=O) groups excluding carboxylic acids is 1. The van der Waals surface area contributed by atoms with Crippen molar-refractivity contribution in [2.24, 2.45) is 23.0 Å². The summed E-state index contributed by atoms with van der Waals surface area (Å²) in [6, 6.07) is 0. The van der Waals surface area contributed by atoms with Crippen molar-refractivity contribution in [3.63, 3.8) is 0 Å². The molecule has 0 saturated carbocycles. The lowest BCUT2D eigenvalue weighted by atomic mass is 9.76. The molecule has 2 N–H and O–H groups in total. The molecule has 0 spiro atoms. The van der Waals surface area contributed by atoms with Crippen LogP contribution in [-0.2, 0) is 9.53 Å². The molecular formula is C12H25NO2. The molecule has 0 amide bonds. The lowest BCUT2D eigenvalue weighted by Crippen LogP contribution is -2.32. The van der Waals surface area contributed by atoms with Crippen LogP contribution in [0.3, 0.4) is 0 Å². The molecule has 1 unspecified atom stereocenters. The molecule has 0 aliphatic heterocycles. The van der Waals surface area contributed by atoms with E-state index in [1.165, 1.54) is 0 Å². The Hall–Kier alpha value is -0.570. The molecule has 15 heavy (non-hydrogen) atoms. The van der Waals surface area contributed by atoms with Crippen molar-refractivity contribution in [1.82, 2.24) is 0 Å². The van der Waals surface area contributed by atoms with E-state index in [2.05, 4.69) is 34.6 Å². The molecule has 0 rings (SSSR count). The van der Waals surface area contributed by atoms with Crippen molar-refractivity contribution in [3.05, 3.63) is 0 Å². The van der Waals surface area contributed by atoms with Gasteiger partial charge in [-0.05, 0) is 17.8 Å². The van der Waals surface area contributed by atoms with E-state index in [0.29, 0.717) is 19.1 Å². The van der Waals surface area contributed by atoms with Crippen molar-refractivity contribution in [3.8, 4) is 0 Å². The highest BCUT2D eigenvalue weighted by Gasteiger charge is 2.32. The molecular weight excluding hydrogens is 190 g/mol. The van der Waals surface area contributed by atoms with Crippen molar-refractivity contribution in [2.45, 2.75) is 41.0 Å². The highest BCUT2D eigenvalue weighted by atomic mass is 16.5. The Labute approximate surface area is 93.4 Å². The van der Waals surface area contributed by atoms with Gasteiger partial charge in [-0.3, -0.25) is 4.79 Å². The molecule has 3 nitrogen and oxygen atoms in total. The fraction of sp³-hybridized carbons (Fsp3) is 0.917. The number of esters is 1. The number of ether oxygens (including phenoxy) is 1. The zero-order valence-electron chi connectivity index (χ0n) is 10.7. The summed E-state index contributed by atoms with van der Waals surface area (Å²) in [6.45, 7) is 11.2. The van der Waals surface area contributed by atoms with Gasteiger partial charge in [0.25, 0.3) is 0 Å². The maximum atomic E-state index is 11.8. The first-order valence-electron chi connectivity index (χ1n) is 5.65. The summed E-state index contributed by atoms with van der Waals surface area (Å²) in [4.78, 5) is 11.8. The first-order chi connectivity index (χ1) is 6.79. The molecule has 0 aromatic rings. The first kappa shape index (κ1) is 14.4. The molecule has 1 atom stereocenters. The minimum atomic E-state index is -0.110. The average Bonchev–Trinajstić information content (AvgIpc) is 2.08. The van der Waals surface area contributed by atoms with Crippen LogP contribution in [0.25, 0.3) is 0 Å². The molecule has 90 valence electrons. The predicted octanol–water partition coefficient (Wildman–Crippen LogP) is 2.20. The Morgan fingerprint density at radius 1 is 1.33 bits per heavy atom. The monoisotopic (exact) mass is 215 g/mol. The topological polar surface area (TPSA) is 52.3 Å². The summed E-state index contributed by atoms with van der Waals surface area (Å²) in [7, 11) is 0. The van der Waals surface area contributed by atoms with Crippen molar-refractivity contribution in [1.29, 1.82) is 0 Å². The molecule has 0 radical (unpaired) electrons. The van der Waals surface area contributed by atoms with Crippen LogP contribution in [0.4, 0.5) is 0 Å². The normalized spacial score (nSPS) is 14.1. The van der Waals surface area contributed by atoms with E-state index >= 15 is 0 Å². The maximum Gasteiger partial charge on any atom is 0.309 e. The second kappa shape index (κ2) is 6.11. The van der Waals surface area contributed by atoms with Gasteiger partial charge in [-0.25, -0.2) is 0 Å². The highest BCUT2D eigenvalue weighted by Crippen LogP contribution is 2.32. The zero-order chi connectivity index (χ0) is 12.1. The van der Waals surface area contributed by atoms with Gasteiger partial charge in [0.15, 0.2) is 0 Å². The third kappa shape index (κ3) is 5.78. The van der Waals surface area contributed by atoms with Crippen LogP contribution in [0.15, 0.2) is 0 Å². The van der Waals surface area contributed by atoms with Gasteiger partial charge in [0.1, 0.15) is 6.61 Å². The molecule has 0 aromatic carbocycles. The van der Waals surface area contributed by atoms with Gasteiger partial charge in [-0.2, -0.15) is 0 Å². The molecule has 0 aromatic heterocycles. The van der Waals surface area contributed by atoms with E-state index in [-0.39, 0.29) is 17.3 Å². The molecule has 0 aliphatic carbocycles. The van der Waals surface area contributed by atoms with Crippen LogP contribution in [0.1, 0.15) is 41.0 Å². The minimum Gasteiger partial charge on any atom is -0.464 e. The quantitative estimate of drug-likeness (QED) is 0.715.